The van der Waals surface area contributed by atoms with Gasteiger partial charge in [0.05, 0.1) is 38.1 Å². The smallest absolute Gasteiger partial charge is 0.305 e. The van der Waals surface area contributed by atoms with Crippen LogP contribution in [0.15, 0.2) is 4.99 Å². The van der Waals surface area contributed by atoms with Gasteiger partial charge in [0.2, 0.25) is 59.1 Å². The fourth-order valence-electron chi connectivity index (χ4n) is 6.10. The first-order valence-corrected chi connectivity index (χ1v) is 23.7. The number of rotatable bonds is 36. The van der Waals surface area contributed by atoms with Crippen LogP contribution in [0.25, 0.3) is 0 Å². The molecule has 34 heteroatoms. The quantitative estimate of drug-likeness (QED) is 0.0120. The molecule has 0 spiro atoms. The normalized spacial score (nSPS) is 14.9. The minimum Gasteiger partial charge on any atom is -0.481 e. The van der Waals surface area contributed by atoms with Crippen molar-refractivity contribution in [1.82, 2.24) is 47.9 Å². The average Bonchev–Trinajstić information content (AvgIpc) is 3.30. The van der Waals surface area contributed by atoms with Gasteiger partial charge in [0.1, 0.15) is 48.3 Å². The summed E-state index contributed by atoms with van der Waals surface area (Å²) in [6.45, 7) is 2.31. The molecule has 0 aliphatic carbocycles. The van der Waals surface area contributed by atoms with Crippen molar-refractivity contribution in [2.45, 2.75) is 126 Å². The lowest BCUT2D eigenvalue weighted by atomic mass is 10.0. The number of aliphatic hydroxyl groups excluding tert-OH is 2. The number of carboxylic acid groups (broad SMARTS) is 3. The van der Waals surface area contributed by atoms with Crippen LogP contribution in [-0.2, 0) is 62.3 Å². The Kier molecular flexibility index (Phi) is 31.1. The summed E-state index contributed by atoms with van der Waals surface area (Å²) in [5.41, 5.74) is 21.4. The molecule has 0 aromatic heterocycles. The summed E-state index contributed by atoms with van der Waals surface area (Å²) in [6, 6.07) is -14.9. The molecule has 0 bridgehead atoms. The van der Waals surface area contributed by atoms with Crippen LogP contribution in [0.4, 0.5) is 0 Å². The molecular weight excluding hydrogens is 1030 g/mol. The van der Waals surface area contributed by atoms with E-state index in [-0.39, 0.29) is 55.6 Å². The number of aliphatic hydroxyl groups is 2. The van der Waals surface area contributed by atoms with Gasteiger partial charge in [0, 0.05) is 24.5 Å². The third-order valence-corrected chi connectivity index (χ3v) is 10.6. The first kappa shape index (κ1) is 67.0. The van der Waals surface area contributed by atoms with Crippen molar-refractivity contribution >= 4 is 108 Å². The average molecular weight is 1100 g/mol. The van der Waals surface area contributed by atoms with Crippen LogP contribution < -0.4 is 70.8 Å². The molecule has 32 nitrogen and oxygen atoms in total. The van der Waals surface area contributed by atoms with Crippen LogP contribution >= 0.6 is 25.3 Å². The van der Waals surface area contributed by atoms with Gasteiger partial charge in [0.25, 0.3) is 0 Å². The predicted molar refractivity (Wildman–Crippen MR) is 263 cm³/mol. The highest BCUT2D eigenvalue weighted by Gasteiger charge is 2.36. The largest absolute Gasteiger partial charge is 0.481 e. The van der Waals surface area contributed by atoms with Crippen molar-refractivity contribution in [2.75, 3.05) is 31.2 Å². The van der Waals surface area contributed by atoms with Crippen LogP contribution in [0.3, 0.4) is 0 Å². The Bertz CT molecular complexity index is 2050. The number of hydrogen-bond acceptors (Lipinski definition) is 19. The van der Waals surface area contributed by atoms with E-state index in [1.165, 1.54) is 0 Å². The molecule has 0 saturated heterocycles. The van der Waals surface area contributed by atoms with Gasteiger partial charge in [-0.2, -0.15) is 25.3 Å². The summed E-state index contributed by atoms with van der Waals surface area (Å²) >= 11 is 8.07. The maximum Gasteiger partial charge on any atom is 0.305 e. The number of aliphatic imine (C=N–C) groups is 1. The Morgan fingerprint density at radius 1 is 0.541 bits per heavy atom. The van der Waals surface area contributed by atoms with E-state index in [1.54, 1.807) is 13.8 Å². The van der Waals surface area contributed by atoms with Crippen LogP contribution in [0.1, 0.15) is 65.7 Å². The monoisotopic (exact) mass is 1100 g/mol. The Balaban J connectivity index is 6.26. The molecule has 0 heterocycles. The molecule has 0 aliphatic heterocycles. The van der Waals surface area contributed by atoms with Crippen LogP contribution in [0.5, 0.6) is 0 Å². The molecule has 0 unspecified atom stereocenters. The number of carbonyl (C=O) groups excluding carboxylic acids is 10. The van der Waals surface area contributed by atoms with Gasteiger partial charge >= 0.3 is 17.9 Å². The van der Waals surface area contributed by atoms with E-state index in [0.717, 1.165) is 6.92 Å². The third kappa shape index (κ3) is 26.6. The molecule has 418 valence electrons. The lowest BCUT2D eigenvalue weighted by Crippen LogP contribution is -2.62. The van der Waals surface area contributed by atoms with E-state index in [1.807, 2.05) is 5.32 Å². The molecule has 10 atom stereocenters. The van der Waals surface area contributed by atoms with Gasteiger partial charge in [-0.25, -0.2) is 0 Å². The zero-order valence-electron chi connectivity index (χ0n) is 40.5. The second-order valence-corrected chi connectivity index (χ2v) is 17.4. The number of carboxylic acids is 3. The molecular formula is C40H68N14O18S2. The van der Waals surface area contributed by atoms with Crippen molar-refractivity contribution in [3.05, 3.63) is 0 Å². The lowest BCUT2D eigenvalue weighted by Gasteiger charge is -2.28. The van der Waals surface area contributed by atoms with E-state index in [2.05, 4.69) is 72.8 Å². The van der Waals surface area contributed by atoms with E-state index >= 15 is 0 Å². The second-order valence-electron chi connectivity index (χ2n) is 16.7. The molecule has 0 aromatic carbocycles. The second kappa shape index (κ2) is 34.4. The van der Waals surface area contributed by atoms with Crippen molar-refractivity contribution in [1.29, 1.82) is 0 Å². The topological polar surface area (TPSA) is 548 Å². The van der Waals surface area contributed by atoms with E-state index in [0.29, 0.717) is 0 Å². The number of hydrogen-bond donors (Lipinski definition) is 20. The standard InChI is InChI=1S/C40H68N14O18S2/c1-16(2)9-21(35(68)53-24(14-73)33(66)46-12-26(57)47-19(31(42)64)6-7-27(58)59)50-39(72)30(17(3)56)54-36(69)22(11-29(62)63)49-37(70)23(13-55)51-34(67)20(5-4-8-45-40(43)44)48-38(71)25(15-74)52-32(65)18(41)10-28(60)61/h16-25,30,55-56,73-74H,4-15,41H2,1-3H3,(H2,42,64)(H,46,66)(H,47,57)(H,48,71)(H,49,70)(H,50,72)(H,51,67)(H,52,65)(H,53,68)(H,54,69)(H,58,59)(H,60,61)(H,62,63)(H4,43,44,45)/t17-,18+,19+,20+,21+,22+,23+,24+,25+,30+/m1/s1. The summed E-state index contributed by atoms with van der Waals surface area (Å²) < 4.78 is 0. The molecule has 0 aromatic rings. The number of nitrogens with zero attached hydrogens (tertiary/aromatic N) is 1. The van der Waals surface area contributed by atoms with Gasteiger partial charge < -0.3 is 96.3 Å². The van der Waals surface area contributed by atoms with Gasteiger partial charge in [-0.3, -0.25) is 67.3 Å². The van der Waals surface area contributed by atoms with E-state index in [9.17, 15) is 77.6 Å². The highest BCUT2D eigenvalue weighted by Crippen LogP contribution is 2.09. The number of primary amides is 1. The highest BCUT2D eigenvalue weighted by atomic mass is 32.1. The number of aliphatic carboxylic acids is 3. The summed E-state index contributed by atoms with van der Waals surface area (Å²) in [6.07, 6.45) is -4.95. The predicted octanol–water partition coefficient (Wildman–Crippen LogP) is -9.06. The Hall–Kier alpha value is -7.04. The van der Waals surface area contributed by atoms with E-state index in [4.69, 9.17) is 33.1 Å². The summed E-state index contributed by atoms with van der Waals surface area (Å²) in [7, 11) is 0. The van der Waals surface area contributed by atoms with Gasteiger partial charge in [-0.15, -0.1) is 0 Å². The maximum atomic E-state index is 13.6. The van der Waals surface area contributed by atoms with E-state index < -0.39 is 170 Å². The molecule has 10 amide bonds. The number of guanidine groups is 1. The number of thiol groups is 2. The van der Waals surface area contributed by atoms with Crippen LogP contribution in [-0.4, -0.2) is 200 Å². The minimum absolute atomic E-state index is 0.00696. The summed E-state index contributed by atoms with van der Waals surface area (Å²) in [5.74, 6) is -16.9. The Morgan fingerprint density at radius 3 is 1.51 bits per heavy atom. The van der Waals surface area contributed by atoms with Crippen molar-refractivity contribution in [3.8, 4) is 0 Å². The van der Waals surface area contributed by atoms with Gasteiger partial charge in [0.15, 0.2) is 5.96 Å². The molecule has 0 rings (SSSR count). The van der Waals surface area contributed by atoms with Crippen LogP contribution in [0.2, 0.25) is 0 Å². The minimum atomic E-state index is -2.08. The van der Waals surface area contributed by atoms with Gasteiger partial charge in [-0.1, -0.05) is 13.8 Å². The molecule has 74 heavy (non-hydrogen) atoms. The lowest BCUT2D eigenvalue weighted by molar-refractivity contribution is -0.142. The fraction of sp³-hybridized carbons (Fsp3) is 0.650. The number of nitrogens with one attached hydrogen (secondary N) is 9. The first-order valence-electron chi connectivity index (χ1n) is 22.4. The Morgan fingerprint density at radius 2 is 1.01 bits per heavy atom. The third-order valence-electron chi connectivity index (χ3n) is 9.92. The summed E-state index contributed by atoms with van der Waals surface area (Å²) in [5, 5.41) is 68.0. The highest BCUT2D eigenvalue weighted by molar-refractivity contribution is 7.80. The van der Waals surface area contributed by atoms with Crippen molar-refractivity contribution in [2.24, 2.45) is 33.8 Å². The molecule has 22 N–H and O–H groups in total. The molecule has 0 radical (unpaired) electrons. The van der Waals surface area contributed by atoms with Gasteiger partial charge in [-0.05, 0) is 38.5 Å². The van der Waals surface area contributed by atoms with Crippen molar-refractivity contribution < 1.29 is 87.9 Å². The number of amides is 10. The zero-order chi connectivity index (χ0) is 57.0. The SMILES string of the molecule is CC(C)C[C@H](NC(=O)[C@@H](NC(=O)[C@H](CC(=O)O)NC(=O)[C@H](CO)NC(=O)[C@H](CCCN=C(N)N)NC(=O)[C@H](CS)NC(=O)[C@@H](N)CC(=O)O)[C@@H](C)O)C(=O)N[C@@H](CS)C(=O)NCC(=O)N[C@@H](CCC(=O)O)C(N)=O. The first-order chi connectivity index (χ1) is 34.5. The molecule has 0 saturated carbocycles. The molecule has 0 fully saturated rings. The maximum absolute atomic E-state index is 13.6. The zero-order valence-corrected chi connectivity index (χ0v) is 42.3. The number of nitrogens with two attached hydrogens (primary N) is 4. The number of carbonyl (C=O) groups is 13. The Labute approximate surface area is 434 Å². The van der Waals surface area contributed by atoms with Crippen molar-refractivity contribution in [3.63, 3.8) is 0 Å². The fourth-order valence-corrected chi connectivity index (χ4v) is 6.61. The molecule has 0 aliphatic rings. The van der Waals surface area contributed by atoms with Crippen LogP contribution in [0, 0.1) is 5.92 Å². The summed E-state index contributed by atoms with van der Waals surface area (Å²) in [4.78, 5) is 168.